The van der Waals surface area contributed by atoms with Gasteiger partial charge in [0.2, 0.25) is 0 Å². The van der Waals surface area contributed by atoms with Crippen LogP contribution in [0.15, 0.2) is 29.2 Å². The summed E-state index contributed by atoms with van der Waals surface area (Å²) in [6, 6.07) is 7.38. The number of hydrogen-bond acceptors (Lipinski definition) is 3. The number of likely N-dealkylation sites (tertiary alicyclic amines) is 1. The third kappa shape index (κ3) is 3.55. The van der Waals surface area contributed by atoms with Crippen LogP contribution in [0, 0.1) is 11.8 Å². The second-order valence-corrected chi connectivity index (χ2v) is 7.99. The highest BCUT2D eigenvalue weighted by atomic mass is 32.2. The summed E-state index contributed by atoms with van der Waals surface area (Å²) in [5.74, 6) is 0.514. The van der Waals surface area contributed by atoms with E-state index in [2.05, 4.69) is 0 Å². The number of amides is 1. The molecular weight excluding hydrogens is 310 g/mol. The van der Waals surface area contributed by atoms with Gasteiger partial charge in [-0.3, -0.25) is 9.59 Å². The highest BCUT2D eigenvalue weighted by Gasteiger charge is 2.37. The fraction of sp³-hybridized carbons (Fsp3) is 0.556. The van der Waals surface area contributed by atoms with Crippen molar-refractivity contribution in [1.82, 2.24) is 4.90 Å². The molecule has 1 amide bonds. The van der Waals surface area contributed by atoms with Gasteiger partial charge in [0.25, 0.3) is 5.91 Å². The molecule has 2 fully saturated rings. The molecule has 0 spiro atoms. The third-order valence-electron chi connectivity index (χ3n) is 5.03. The van der Waals surface area contributed by atoms with Crippen LogP contribution < -0.4 is 0 Å². The molecule has 3 atom stereocenters. The SMILES string of the molecule is CC(Sc1ccccc1C(=O)N1CC2CCCCC2C1)C(=O)O. The maximum Gasteiger partial charge on any atom is 0.316 e. The summed E-state index contributed by atoms with van der Waals surface area (Å²) in [6.07, 6.45) is 5.04. The minimum Gasteiger partial charge on any atom is -0.480 e. The van der Waals surface area contributed by atoms with Gasteiger partial charge in [0.05, 0.1) is 5.56 Å². The molecule has 1 saturated heterocycles. The fourth-order valence-electron chi connectivity index (χ4n) is 3.73. The summed E-state index contributed by atoms with van der Waals surface area (Å²) in [5, 5.41) is 8.54. The molecule has 0 aromatic heterocycles. The highest BCUT2D eigenvalue weighted by Crippen LogP contribution is 2.37. The number of carbonyl (C=O) groups is 2. The van der Waals surface area contributed by atoms with Crippen molar-refractivity contribution in [3.05, 3.63) is 29.8 Å². The van der Waals surface area contributed by atoms with Crippen LogP contribution in [0.1, 0.15) is 43.0 Å². The number of carboxylic acid groups (broad SMARTS) is 1. The maximum atomic E-state index is 12.9. The molecule has 0 radical (unpaired) electrons. The summed E-state index contributed by atoms with van der Waals surface area (Å²) in [5.41, 5.74) is 0.643. The van der Waals surface area contributed by atoms with Crippen molar-refractivity contribution in [2.24, 2.45) is 11.8 Å². The summed E-state index contributed by atoms with van der Waals surface area (Å²) < 4.78 is 0. The van der Waals surface area contributed by atoms with Crippen molar-refractivity contribution >= 4 is 23.6 Å². The van der Waals surface area contributed by atoms with Crippen molar-refractivity contribution in [3.8, 4) is 0 Å². The molecule has 4 nitrogen and oxygen atoms in total. The summed E-state index contributed by atoms with van der Waals surface area (Å²) >= 11 is 1.24. The smallest absolute Gasteiger partial charge is 0.316 e. The zero-order valence-corrected chi connectivity index (χ0v) is 14.2. The Balaban J connectivity index is 1.76. The largest absolute Gasteiger partial charge is 0.480 e. The number of hydrogen-bond donors (Lipinski definition) is 1. The molecule has 1 heterocycles. The molecule has 124 valence electrons. The molecular formula is C18H23NO3S. The van der Waals surface area contributed by atoms with Gasteiger partial charge >= 0.3 is 5.97 Å². The van der Waals surface area contributed by atoms with Gasteiger partial charge in [-0.25, -0.2) is 0 Å². The molecule has 1 aliphatic carbocycles. The Bertz CT molecular complexity index is 590. The van der Waals surface area contributed by atoms with Gasteiger partial charge in [-0.15, -0.1) is 11.8 Å². The van der Waals surface area contributed by atoms with E-state index in [1.165, 1.54) is 37.4 Å². The number of aliphatic carboxylic acids is 1. The fourth-order valence-corrected chi connectivity index (χ4v) is 4.65. The van der Waals surface area contributed by atoms with E-state index in [9.17, 15) is 9.59 Å². The Morgan fingerprint density at radius 1 is 1.17 bits per heavy atom. The first-order valence-corrected chi connectivity index (χ1v) is 9.22. The van der Waals surface area contributed by atoms with Crippen LogP contribution in [-0.2, 0) is 4.79 Å². The molecule has 23 heavy (non-hydrogen) atoms. The van der Waals surface area contributed by atoms with Gasteiger partial charge in [-0.1, -0.05) is 25.0 Å². The molecule has 1 aromatic carbocycles. The lowest BCUT2D eigenvalue weighted by Gasteiger charge is -2.22. The van der Waals surface area contributed by atoms with Gasteiger partial charge in [0, 0.05) is 18.0 Å². The minimum absolute atomic E-state index is 0.0556. The van der Waals surface area contributed by atoms with Crippen LogP contribution in [-0.4, -0.2) is 40.2 Å². The average molecular weight is 333 g/mol. The number of thioether (sulfide) groups is 1. The zero-order chi connectivity index (χ0) is 16.4. The van der Waals surface area contributed by atoms with Crippen LogP contribution >= 0.6 is 11.8 Å². The highest BCUT2D eigenvalue weighted by molar-refractivity contribution is 8.00. The molecule has 1 aliphatic heterocycles. The van der Waals surface area contributed by atoms with E-state index in [0.717, 1.165) is 18.0 Å². The number of rotatable bonds is 4. The maximum absolute atomic E-state index is 12.9. The third-order valence-corrected chi connectivity index (χ3v) is 6.20. The van der Waals surface area contributed by atoms with Crippen molar-refractivity contribution in [3.63, 3.8) is 0 Å². The van der Waals surface area contributed by atoms with Crippen LogP contribution in [0.4, 0.5) is 0 Å². The van der Waals surface area contributed by atoms with Gasteiger partial charge in [0.1, 0.15) is 5.25 Å². The van der Waals surface area contributed by atoms with E-state index >= 15 is 0 Å². The second kappa shape index (κ2) is 6.95. The monoisotopic (exact) mass is 333 g/mol. The van der Waals surface area contributed by atoms with Crippen molar-refractivity contribution < 1.29 is 14.7 Å². The summed E-state index contributed by atoms with van der Waals surface area (Å²) in [7, 11) is 0. The van der Waals surface area contributed by atoms with Gasteiger partial charge in [-0.2, -0.15) is 0 Å². The van der Waals surface area contributed by atoms with Crippen molar-refractivity contribution in [2.75, 3.05) is 13.1 Å². The van der Waals surface area contributed by atoms with Crippen LogP contribution in [0.5, 0.6) is 0 Å². The Morgan fingerprint density at radius 2 is 1.78 bits per heavy atom. The van der Waals surface area contributed by atoms with Gasteiger partial charge in [-0.05, 0) is 43.7 Å². The van der Waals surface area contributed by atoms with Crippen LogP contribution in [0.25, 0.3) is 0 Å². The number of nitrogens with zero attached hydrogens (tertiary/aromatic N) is 1. The lowest BCUT2D eigenvalue weighted by Crippen LogP contribution is -2.29. The predicted octanol–water partition coefficient (Wildman–Crippen LogP) is 3.51. The Hall–Kier alpha value is -1.49. The number of fused-ring (bicyclic) bond motifs is 1. The molecule has 3 unspecified atom stereocenters. The van der Waals surface area contributed by atoms with E-state index in [-0.39, 0.29) is 5.91 Å². The van der Waals surface area contributed by atoms with E-state index in [0.29, 0.717) is 17.4 Å². The zero-order valence-electron chi connectivity index (χ0n) is 13.4. The first-order chi connectivity index (χ1) is 11.1. The molecule has 1 saturated carbocycles. The molecule has 0 bridgehead atoms. The molecule has 5 heteroatoms. The quantitative estimate of drug-likeness (QED) is 0.857. The van der Waals surface area contributed by atoms with Crippen LogP contribution in [0.3, 0.4) is 0 Å². The molecule has 2 aliphatic rings. The van der Waals surface area contributed by atoms with Gasteiger partial charge in [0.15, 0.2) is 0 Å². The minimum atomic E-state index is -0.857. The lowest BCUT2D eigenvalue weighted by atomic mass is 9.82. The second-order valence-electron chi connectivity index (χ2n) is 6.61. The first kappa shape index (κ1) is 16.4. The number of carbonyl (C=O) groups excluding carboxylic acids is 1. The van der Waals surface area contributed by atoms with E-state index < -0.39 is 11.2 Å². The number of carboxylic acids is 1. The standard InChI is InChI=1S/C18H23NO3S/c1-12(18(21)22)23-16-9-5-4-8-15(16)17(20)19-10-13-6-2-3-7-14(13)11-19/h4-5,8-9,12-14H,2-3,6-7,10-11H2,1H3,(H,21,22). The Labute approximate surface area is 141 Å². The topological polar surface area (TPSA) is 57.6 Å². The predicted molar refractivity (Wildman–Crippen MR) is 90.7 cm³/mol. The van der Waals surface area contributed by atoms with Crippen molar-refractivity contribution in [1.29, 1.82) is 0 Å². The van der Waals surface area contributed by atoms with Crippen LogP contribution in [0.2, 0.25) is 0 Å². The average Bonchev–Trinajstić information content (AvgIpc) is 2.98. The molecule has 3 rings (SSSR count). The van der Waals surface area contributed by atoms with Gasteiger partial charge < -0.3 is 10.0 Å². The summed E-state index contributed by atoms with van der Waals surface area (Å²) in [4.78, 5) is 26.8. The van der Waals surface area contributed by atoms with Crippen molar-refractivity contribution in [2.45, 2.75) is 42.8 Å². The number of benzene rings is 1. The first-order valence-electron chi connectivity index (χ1n) is 8.34. The normalized spacial score (nSPS) is 25.0. The lowest BCUT2D eigenvalue weighted by molar-refractivity contribution is -0.136. The Kier molecular flexibility index (Phi) is 4.95. The van der Waals surface area contributed by atoms with E-state index in [1.54, 1.807) is 6.92 Å². The Morgan fingerprint density at radius 3 is 2.39 bits per heavy atom. The molecule has 1 N–H and O–H groups in total. The molecule has 1 aromatic rings. The van der Waals surface area contributed by atoms with E-state index in [1.807, 2.05) is 29.2 Å². The summed E-state index contributed by atoms with van der Waals surface area (Å²) in [6.45, 7) is 3.37. The van der Waals surface area contributed by atoms with E-state index in [4.69, 9.17) is 5.11 Å².